The Morgan fingerprint density at radius 1 is 1.56 bits per heavy atom. The molecule has 7 heteroatoms. The van der Waals surface area contributed by atoms with Crippen LogP contribution in [0.2, 0.25) is 0 Å². The van der Waals surface area contributed by atoms with Crippen molar-refractivity contribution in [2.45, 2.75) is 13.8 Å². The maximum atomic E-state index is 5.01. The summed E-state index contributed by atoms with van der Waals surface area (Å²) < 4.78 is 0. The van der Waals surface area contributed by atoms with Gasteiger partial charge in [-0.15, -0.1) is 0 Å². The van der Waals surface area contributed by atoms with Crippen LogP contribution in [0, 0.1) is 0 Å². The Morgan fingerprint density at radius 2 is 2.39 bits per heavy atom. The smallest absolute Gasteiger partial charge is 0.186 e. The molecule has 0 aromatic carbocycles. The summed E-state index contributed by atoms with van der Waals surface area (Å²) in [4.78, 5) is 11.6. The van der Waals surface area contributed by atoms with Gasteiger partial charge in [0.1, 0.15) is 5.71 Å². The maximum absolute atomic E-state index is 5.01. The van der Waals surface area contributed by atoms with Gasteiger partial charge in [-0.25, -0.2) is 9.97 Å². The van der Waals surface area contributed by atoms with E-state index in [1.807, 2.05) is 26.0 Å². The third-order valence-electron chi connectivity index (χ3n) is 2.26. The zero-order valence-corrected chi connectivity index (χ0v) is 11.0. The van der Waals surface area contributed by atoms with Crippen LogP contribution >= 0.6 is 12.2 Å². The zero-order chi connectivity index (χ0) is 13.0. The Kier molecular flexibility index (Phi) is 3.83. The van der Waals surface area contributed by atoms with E-state index >= 15 is 0 Å². The maximum Gasteiger partial charge on any atom is 0.186 e. The molecule has 0 unspecified atom stereocenters. The number of aromatic nitrogens is 3. The van der Waals surface area contributed by atoms with Crippen LogP contribution in [0.25, 0.3) is 11.2 Å². The number of hydrogen-bond donors (Lipinski definition) is 3. The summed E-state index contributed by atoms with van der Waals surface area (Å²) >= 11 is 5.01. The van der Waals surface area contributed by atoms with Gasteiger partial charge in [0.25, 0.3) is 0 Å². The van der Waals surface area contributed by atoms with Crippen LogP contribution in [0.3, 0.4) is 0 Å². The molecular formula is C11H14N6S. The molecule has 0 spiro atoms. The van der Waals surface area contributed by atoms with Gasteiger partial charge in [0, 0.05) is 12.7 Å². The molecule has 0 saturated heterocycles. The highest BCUT2D eigenvalue weighted by Gasteiger charge is 2.05. The number of hydrazone groups is 1. The minimum atomic E-state index is 0.492. The van der Waals surface area contributed by atoms with Crippen LogP contribution in [-0.4, -0.2) is 32.3 Å². The van der Waals surface area contributed by atoms with Crippen molar-refractivity contribution in [3.63, 3.8) is 0 Å². The summed E-state index contributed by atoms with van der Waals surface area (Å²) in [6.07, 6.45) is 1.71. The van der Waals surface area contributed by atoms with E-state index in [1.165, 1.54) is 0 Å². The van der Waals surface area contributed by atoms with E-state index in [2.05, 4.69) is 30.8 Å². The lowest BCUT2D eigenvalue weighted by molar-refractivity contribution is 0.899. The second-order valence-corrected chi connectivity index (χ2v) is 4.04. The molecule has 2 rings (SSSR count). The van der Waals surface area contributed by atoms with E-state index in [1.54, 1.807) is 6.20 Å². The number of nitrogens with one attached hydrogen (secondary N) is 3. The van der Waals surface area contributed by atoms with Crippen molar-refractivity contribution in [2.24, 2.45) is 5.10 Å². The first kappa shape index (κ1) is 12.4. The highest BCUT2D eigenvalue weighted by Crippen LogP contribution is 2.07. The molecule has 0 aliphatic heterocycles. The standard InChI is InChI=1S/C11H14N6S/c1-3-12-11(18)17-16-7(2)9-14-8-5-4-6-13-10(8)15-9/h4-6H,3H2,1-2H3,(H2,12,17,18)(H,13,14,15)/b16-7+. The van der Waals surface area contributed by atoms with Crippen LogP contribution in [-0.2, 0) is 0 Å². The highest BCUT2D eigenvalue weighted by molar-refractivity contribution is 7.80. The Hall–Kier alpha value is -2.02. The molecule has 94 valence electrons. The van der Waals surface area contributed by atoms with Crippen molar-refractivity contribution in [2.75, 3.05) is 6.54 Å². The molecule has 2 aromatic heterocycles. The normalized spacial score (nSPS) is 11.6. The molecule has 6 nitrogen and oxygen atoms in total. The first-order valence-electron chi connectivity index (χ1n) is 5.60. The van der Waals surface area contributed by atoms with Gasteiger partial charge in [-0.05, 0) is 38.2 Å². The lowest BCUT2D eigenvalue weighted by Crippen LogP contribution is -2.32. The fourth-order valence-electron chi connectivity index (χ4n) is 1.40. The van der Waals surface area contributed by atoms with E-state index in [0.717, 1.165) is 12.1 Å². The Morgan fingerprint density at radius 3 is 3.11 bits per heavy atom. The van der Waals surface area contributed by atoms with Crippen molar-refractivity contribution in [1.29, 1.82) is 0 Å². The Bertz CT molecular complexity index is 555. The summed E-state index contributed by atoms with van der Waals surface area (Å²) in [5.74, 6) is 0.676. The number of hydrogen-bond acceptors (Lipinski definition) is 4. The third kappa shape index (κ3) is 2.80. The van der Waals surface area contributed by atoms with E-state index in [-0.39, 0.29) is 0 Å². The summed E-state index contributed by atoms with van der Waals surface area (Å²) in [6.45, 7) is 4.57. The quantitative estimate of drug-likeness (QED) is 0.439. The van der Waals surface area contributed by atoms with E-state index in [9.17, 15) is 0 Å². The van der Waals surface area contributed by atoms with Gasteiger partial charge in [0.15, 0.2) is 16.6 Å². The second kappa shape index (κ2) is 5.54. The number of aromatic amines is 1. The van der Waals surface area contributed by atoms with Gasteiger partial charge in [-0.1, -0.05) is 0 Å². The zero-order valence-electron chi connectivity index (χ0n) is 10.2. The summed E-state index contributed by atoms with van der Waals surface area (Å²) in [5, 5.41) is 7.59. The molecule has 3 N–H and O–H groups in total. The molecule has 2 heterocycles. The number of H-pyrrole nitrogens is 1. The predicted molar refractivity (Wildman–Crippen MR) is 75.5 cm³/mol. The van der Waals surface area contributed by atoms with Gasteiger partial charge in [0.05, 0.1) is 5.52 Å². The minimum absolute atomic E-state index is 0.492. The molecule has 0 aliphatic rings. The van der Waals surface area contributed by atoms with Gasteiger partial charge in [-0.2, -0.15) is 5.10 Å². The molecule has 18 heavy (non-hydrogen) atoms. The third-order valence-corrected chi connectivity index (χ3v) is 2.50. The molecule has 0 saturated carbocycles. The Labute approximate surface area is 110 Å². The van der Waals surface area contributed by atoms with Gasteiger partial charge < -0.3 is 10.3 Å². The molecule has 0 aliphatic carbocycles. The van der Waals surface area contributed by atoms with Crippen LogP contribution < -0.4 is 10.7 Å². The molecule has 2 aromatic rings. The number of pyridine rings is 1. The van der Waals surface area contributed by atoms with Crippen LogP contribution in [0.5, 0.6) is 0 Å². The largest absolute Gasteiger partial charge is 0.362 e. The molecule has 0 atom stereocenters. The predicted octanol–water partition coefficient (Wildman–Crippen LogP) is 1.17. The van der Waals surface area contributed by atoms with Crippen molar-refractivity contribution in [3.8, 4) is 0 Å². The minimum Gasteiger partial charge on any atom is -0.362 e. The van der Waals surface area contributed by atoms with Crippen LogP contribution in [0.15, 0.2) is 23.4 Å². The molecular weight excluding hydrogens is 248 g/mol. The molecule has 0 amide bonds. The van der Waals surface area contributed by atoms with Crippen molar-refractivity contribution in [3.05, 3.63) is 24.2 Å². The monoisotopic (exact) mass is 262 g/mol. The first-order valence-corrected chi connectivity index (χ1v) is 6.00. The van der Waals surface area contributed by atoms with E-state index in [0.29, 0.717) is 22.3 Å². The van der Waals surface area contributed by atoms with E-state index in [4.69, 9.17) is 12.2 Å². The average Bonchev–Trinajstić information content (AvgIpc) is 2.80. The lowest BCUT2D eigenvalue weighted by Gasteiger charge is -2.03. The Balaban J connectivity index is 2.15. The van der Waals surface area contributed by atoms with Crippen LogP contribution in [0.1, 0.15) is 19.7 Å². The van der Waals surface area contributed by atoms with Crippen molar-refractivity contribution < 1.29 is 0 Å². The summed E-state index contributed by atoms with van der Waals surface area (Å²) in [6, 6.07) is 3.78. The highest BCUT2D eigenvalue weighted by atomic mass is 32.1. The van der Waals surface area contributed by atoms with Gasteiger partial charge in [-0.3, -0.25) is 5.43 Å². The molecule has 0 radical (unpaired) electrons. The van der Waals surface area contributed by atoms with Gasteiger partial charge >= 0.3 is 0 Å². The molecule has 0 fully saturated rings. The average molecular weight is 262 g/mol. The van der Waals surface area contributed by atoms with E-state index < -0.39 is 0 Å². The number of thiocarbonyl (C=S) groups is 1. The van der Waals surface area contributed by atoms with Crippen molar-refractivity contribution in [1.82, 2.24) is 25.7 Å². The topological polar surface area (TPSA) is 78.0 Å². The number of imidazole rings is 1. The fourth-order valence-corrected chi connectivity index (χ4v) is 1.59. The van der Waals surface area contributed by atoms with Crippen molar-refractivity contribution >= 4 is 34.2 Å². The number of nitrogens with zero attached hydrogens (tertiary/aromatic N) is 3. The summed E-state index contributed by atoms with van der Waals surface area (Å²) in [7, 11) is 0. The van der Waals surface area contributed by atoms with Crippen LogP contribution in [0.4, 0.5) is 0 Å². The lowest BCUT2D eigenvalue weighted by atomic mass is 10.4. The van der Waals surface area contributed by atoms with Gasteiger partial charge in [0.2, 0.25) is 0 Å². The number of rotatable bonds is 3. The second-order valence-electron chi connectivity index (χ2n) is 3.63. The fraction of sp³-hybridized carbons (Fsp3) is 0.273. The first-order chi connectivity index (χ1) is 8.70. The summed E-state index contributed by atoms with van der Waals surface area (Å²) in [5.41, 5.74) is 5.03. The SMILES string of the molecule is CCNC(=S)N/N=C(\C)c1nc2ncccc2[nH]1. The number of fused-ring (bicyclic) bond motifs is 1. The molecule has 0 bridgehead atoms.